The molecule has 3 aliphatic heterocycles. The van der Waals surface area contributed by atoms with Gasteiger partial charge in [0.05, 0.1) is 4.47 Å². The van der Waals surface area contributed by atoms with Crippen LogP contribution in [0.4, 0.5) is 0 Å². The molecule has 4 heterocycles. The van der Waals surface area contributed by atoms with Crippen molar-refractivity contribution in [2.45, 2.75) is 29.2 Å². The van der Waals surface area contributed by atoms with E-state index in [1.165, 1.54) is 37.3 Å². The lowest BCUT2D eigenvalue weighted by Crippen LogP contribution is -2.70. The van der Waals surface area contributed by atoms with E-state index in [1.807, 2.05) is 30.3 Å². The topological polar surface area (TPSA) is 87.5 Å². The predicted molar refractivity (Wildman–Crippen MR) is 132 cm³/mol. The van der Waals surface area contributed by atoms with Crippen molar-refractivity contribution < 1.29 is 17.9 Å². The third-order valence-electron chi connectivity index (χ3n) is 6.21. The van der Waals surface area contributed by atoms with E-state index in [9.17, 15) is 13.2 Å². The summed E-state index contributed by atoms with van der Waals surface area (Å²) in [6, 6.07) is 11.1. The summed E-state index contributed by atoms with van der Waals surface area (Å²) in [6.07, 6.45) is 0.910. The summed E-state index contributed by atoms with van der Waals surface area (Å²) >= 11 is 8.31. The van der Waals surface area contributed by atoms with Gasteiger partial charge in [-0.1, -0.05) is 30.0 Å². The highest BCUT2D eigenvalue weighted by Crippen LogP contribution is 2.58. The molecule has 33 heavy (non-hydrogen) atoms. The van der Waals surface area contributed by atoms with Crippen LogP contribution < -0.4 is 0 Å². The zero-order valence-electron chi connectivity index (χ0n) is 18.0. The van der Waals surface area contributed by atoms with E-state index in [-0.39, 0.29) is 11.1 Å². The molecule has 0 N–H and O–H groups in total. The Morgan fingerprint density at radius 2 is 1.91 bits per heavy atom. The molecule has 2 atom stereocenters. The first-order valence-electron chi connectivity index (χ1n) is 10.1. The predicted octanol–water partition coefficient (Wildman–Crippen LogP) is 3.49. The number of ether oxygens (including phenoxy) is 1. The van der Waals surface area contributed by atoms with Crippen molar-refractivity contribution >= 4 is 64.9 Å². The molecule has 13 heteroatoms. The molecule has 1 fully saturated rings. The number of nitrogens with zero attached hydrogens (tertiary/aromatic N) is 5. The number of aromatic nitrogens is 1. The summed E-state index contributed by atoms with van der Waals surface area (Å²) in [7, 11) is 0.381. The number of benzene rings is 1. The third kappa shape index (κ3) is 2.92. The van der Waals surface area contributed by atoms with Crippen LogP contribution in [0.5, 0.6) is 0 Å². The van der Waals surface area contributed by atoms with Gasteiger partial charge in [0, 0.05) is 39.1 Å². The number of rotatable bonds is 4. The van der Waals surface area contributed by atoms with Crippen LogP contribution in [-0.4, -0.2) is 71.0 Å². The lowest BCUT2D eigenvalue weighted by Gasteiger charge is -2.52. The van der Waals surface area contributed by atoms with E-state index in [0.717, 1.165) is 9.20 Å². The zero-order chi connectivity index (χ0) is 23.8. The first-order chi connectivity index (χ1) is 15.6. The number of halogens is 2. The smallest absolute Gasteiger partial charge is 0.307 e. The highest BCUT2D eigenvalue weighted by atomic mass is 79.9. The lowest BCUT2D eigenvalue weighted by molar-refractivity contribution is -0.205. The summed E-state index contributed by atoms with van der Waals surface area (Å²) in [5, 5.41) is 0.237. The Morgan fingerprint density at radius 1 is 1.21 bits per heavy atom. The van der Waals surface area contributed by atoms with Crippen LogP contribution in [0.15, 0.2) is 55.4 Å². The second-order valence-electron chi connectivity index (χ2n) is 8.05. The Bertz CT molecular complexity index is 1280. The maximum Gasteiger partial charge on any atom is 0.307 e. The molecular weight excluding hydrogens is 598 g/mol. The zero-order valence-corrected chi connectivity index (χ0v) is 22.8. The fraction of sp³-hybridized carbons (Fsp3) is 0.400. The molecule has 3 aliphatic rings. The van der Waals surface area contributed by atoms with Crippen molar-refractivity contribution in [3.05, 3.63) is 51.2 Å². The molecule has 0 saturated carbocycles. The van der Waals surface area contributed by atoms with Crippen LogP contribution in [0.1, 0.15) is 23.3 Å². The molecule has 0 unspecified atom stereocenters. The number of piperidine rings is 1. The van der Waals surface area contributed by atoms with Crippen molar-refractivity contribution in [2.24, 2.45) is 4.99 Å². The fourth-order valence-corrected chi connectivity index (χ4v) is 8.28. The normalized spacial score (nSPS) is 26.5. The number of amidine groups is 1. The molecule has 0 radical (unpaired) electrons. The van der Waals surface area contributed by atoms with Gasteiger partial charge < -0.3 is 4.74 Å². The van der Waals surface area contributed by atoms with Crippen LogP contribution in [-0.2, 0) is 20.7 Å². The number of carbonyl (C=O) groups excluding carboxylic acids is 1. The number of methoxy groups -OCH3 is 1. The molecule has 176 valence electrons. The van der Waals surface area contributed by atoms with Crippen molar-refractivity contribution in [3.63, 3.8) is 0 Å². The van der Waals surface area contributed by atoms with Crippen LogP contribution in [0, 0.1) is 0 Å². The maximum absolute atomic E-state index is 13.8. The van der Waals surface area contributed by atoms with Gasteiger partial charge in [-0.2, -0.15) is 17.0 Å². The molecule has 5 rings (SSSR count). The summed E-state index contributed by atoms with van der Waals surface area (Å²) in [5.41, 5.74) is -1.07. The second kappa shape index (κ2) is 7.82. The Kier molecular flexibility index (Phi) is 5.54. The van der Waals surface area contributed by atoms with Gasteiger partial charge in [0.25, 0.3) is 11.7 Å². The Morgan fingerprint density at radius 3 is 2.55 bits per heavy atom. The number of hydrogen-bond acceptors (Lipinski definition) is 6. The maximum atomic E-state index is 13.8. The number of carbonyl (C=O) groups is 1. The van der Waals surface area contributed by atoms with Crippen LogP contribution in [0.3, 0.4) is 0 Å². The molecule has 1 amide bonds. The number of aliphatic imine (C=N–C) groups is 1. The Hall–Kier alpha value is -1.38. The van der Waals surface area contributed by atoms with Crippen molar-refractivity contribution in [1.29, 1.82) is 0 Å². The highest BCUT2D eigenvalue weighted by molar-refractivity contribution is 9.13. The number of fused-ring (bicyclic) bond motifs is 1. The van der Waals surface area contributed by atoms with Crippen molar-refractivity contribution in [1.82, 2.24) is 18.1 Å². The van der Waals surface area contributed by atoms with Gasteiger partial charge in [-0.05, 0) is 56.5 Å². The molecule has 1 aromatic heterocycles. The quantitative estimate of drug-likeness (QED) is 0.524. The number of thioether (sulfide) groups is 1. The van der Waals surface area contributed by atoms with E-state index in [1.54, 1.807) is 15.5 Å². The number of amides is 1. The van der Waals surface area contributed by atoms with E-state index in [4.69, 9.17) is 9.73 Å². The minimum atomic E-state index is -4.05. The SMILES string of the molecule is CO[C@@]12CCCN3C(=O)c4cc(Br)c(Br)n4[C@]31N=C(Sc1ccccc1)N2S(=O)(=O)N(C)C. The second-order valence-corrected chi connectivity index (χ2v) is 12.7. The molecule has 0 aliphatic carbocycles. The highest BCUT2D eigenvalue weighted by Gasteiger charge is 2.74. The average molecular weight is 619 g/mol. The molecule has 1 saturated heterocycles. The molecule has 0 bridgehead atoms. The van der Waals surface area contributed by atoms with E-state index >= 15 is 0 Å². The van der Waals surface area contributed by atoms with E-state index in [2.05, 4.69) is 31.9 Å². The summed E-state index contributed by atoms with van der Waals surface area (Å²) < 4.78 is 39.1. The molecule has 9 nitrogen and oxygen atoms in total. The van der Waals surface area contributed by atoms with Gasteiger partial charge in [0.2, 0.25) is 5.72 Å². The van der Waals surface area contributed by atoms with Crippen LogP contribution in [0.25, 0.3) is 0 Å². The summed E-state index contributed by atoms with van der Waals surface area (Å²) in [4.78, 5) is 21.0. The third-order valence-corrected chi connectivity index (χ3v) is 11.1. The minimum Gasteiger partial charge on any atom is -0.352 e. The Balaban J connectivity index is 1.83. The summed E-state index contributed by atoms with van der Waals surface area (Å²) in [6.45, 7) is 0.429. The van der Waals surface area contributed by atoms with Crippen molar-refractivity contribution in [2.75, 3.05) is 27.7 Å². The van der Waals surface area contributed by atoms with Gasteiger partial charge in [0.15, 0.2) is 5.17 Å². The average Bonchev–Trinajstić information content (AvgIpc) is 3.34. The van der Waals surface area contributed by atoms with E-state index < -0.39 is 21.7 Å². The number of hydrogen-bond donors (Lipinski definition) is 0. The molecular formula is C20H21Br2N5O4S2. The monoisotopic (exact) mass is 617 g/mol. The first-order valence-corrected chi connectivity index (χ1v) is 13.9. The van der Waals surface area contributed by atoms with Gasteiger partial charge >= 0.3 is 10.2 Å². The Labute approximate surface area is 213 Å². The standard InChI is InChI=1S/C20H21Br2N5O4S2/c1-24(2)33(29,30)27-18(32-13-8-5-4-6-9-13)23-20-19(27,31-3)10-7-11-25(20)17(28)15-12-14(21)16(22)26(15)20/h4-6,8-9,12H,7,10-11H2,1-3H3/t19-,20+/m0/s1. The van der Waals surface area contributed by atoms with Crippen molar-refractivity contribution in [3.8, 4) is 0 Å². The van der Waals surface area contributed by atoms with Gasteiger partial charge in [-0.25, -0.2) is 4.99 Å². The fourth-order valence-electron chi connectivity index (χ4n) is 4.80. The lowest BCUT2D eigenvalue weighted by atomic mass is 9.93. The largest absolute Gasteiger partial charge is 0.352 e. The van der Waals surface area contributed by atoms with Gasteiger partial charge in [-0.3, -0.25) is 14.3 Å². The van der Waals surface area contributed by atoms with Gasteiger partial charge in [-0.15, -0.1) is 0 Å². The molecule has 2 aromatic rings. The van der Waals surface area contributed by atoms with E-state index in [0.29, 0.717) is 34.2 Å². The van der Waals surface area contributed by atoms with Crippen LogP contribution in [0.2, 0.25) is 0 Å². The first kappa shape index (κ1) is 23.4. The summed E-state index contributed by atoms with van der Waals surface area (Å²) in [5.74, 6) is -1.66. The molecule has 1 spiro atoms. The van der Waals surface area contributed by atoms with Crippen LogP contribution >= 0.6 is 43.6 Å². The van der Waals surface area contributed by atoms with Gasteiger partial charge in [0.1, 0.15) is 10.3 Å². The molecule has 1 aromatic carbocycles. The minimum absolute atomic E-state index is 0.223.